The van der Waals surface area contributed by atoms with E-state index in [-0.39, 0.29) is 5.92 Å². The lowest BCUT2D eigenvalue weighted by atomic mass is 9.62. The SMILES string of the molecule is CC(O)C(c1ccccc1)(c1cncnn1)C1CCCNC1. The van der Waals surface area contributed by atoms with Crippen molar-refractivity contribution in [3.8, 4) is 0 Å². The summed E-state index contributed by atoms with van der Waals surface area (Å²) in [5.41, 5.74) is 1.22. The van der Waals surface area contributed by atoms with Crippen molar-refractivity contribution in [3.63, 3.8) is 0 Å². The average Bonchev–Trinajstić information content (AvgIpc) is 2.58. The number of aliphatic hydroxyl groups is 1. The zero-order chi connectivity index (χ0) is 15.4. The van der Waals surface area contributed by atoms with Gasteiger partial charge in [-0.25, -0.2) is 4.98 Å². The van der Waals surface area contributed by atoms with Crippen LogP contribution in [-0.2, 0) is 5.41 Å². The third-order valence-corrected chi connectivity index (χ3v) is 4.76. The highest BCUT2D eigenvalue weighted by atomic mass is 16.3. The summed E-state index contributed by atoms with van der Waals surface area (Å²) in [7, 11) is 0. The number of aliphatic hydroxyl groups excluding tert-OH is 1. The van der Waals surface area contributed by atoms with Crippen molar-refractivity contribution in [2.45, 2.75) is 31.3 Å². The molecule has 0 aliphatic carbocycles. The minimum absolute atomic E-state index is 0.252. The molecule has 1 aromatic carbocycles. The van der Waals surface area contributed by atoms with Crippen LogP contribution in [0.1, 0.15) is 31.0 Å². The number of aromatic nitrogens is 3. The maximum atomic E-state index is 10.8. The fourth-order valence-electron chi connectivity index (χ4n) is 3.78. The minimum Gasteiger partial charge on any atom is -0.392 e. The van der Waals surface area contributed by atoms with Gasteiger partial charge in [0.25, 0.3) is 0 Å². The second-order valence-corrected chi connectivity index (χ2v) is 5.95. The largest absolute Gasteiger partial charge is 0.392 e. The van der Waals surface area contributed by atoms with Gasteiger partial charge >= 0.3 is 0 Å². The Morgan fingerprint density at radius 3 is 2.73 bits per heavy atom. The van der Waals surface area contributed by atoms with Crippen LogP contribution in [0.3, 0.4) is 0 Å². The molecule has 0 saturated carbocycles. The van der Waals surface area contributed by atoms with E-state index in [1.165, 1.54) is 6.33 Å². The van der Waals surface area contributed by atoms with Gasteiger partial charge in [0.1, 0.15) is 6.33 Å². The van der Waals surface area contributed by atoms with Crippen LogP contribution >= 0.6 is 0 Å². The molecule has 3 rings (SSSR count). The maximum Gasteiger partial charge on any atom is 0.138 e. The van der Waals surface area contributed by atoms with Gasteiger partial charge in [-0.3, -0.25) is 0 Å². The third-order valence-electron chi connectivity index (χ3n) is 4.76. The fourth-order valence-corrected chi connectivity index (χ4v) is 3.78. The Balaban J connectivity index is 2.19. The Labute approximate surface area is 130 Å². The molecule has 2 N–H and O–H groups in total. The summed E-state index contributed by atoms with van der Waals surface area (Å²) in [6.45, 7) is 3.73. The molecule has 0 radical (unpaired) electrons. The molecule has 3 unspecified atom stereocenters. The monoisotopic (exact) mass is 298 g/mol. The number of rotatable bonds is 4. The van der Waals surface area contributed by atoms with Crippen LogP contribution in [0.15, 0.2) is 42.9 Å². The highest BCUT2D eigenvalue weighted by molar-refractivity contribution is 5.38. The highest BCUT2D eigenvalue weighted by Crippen LogP contribution is 2.43. The summed E-state index contributed by atoms with van der Waals surface area (Å²) in [6, 6.07) is 10.1. The summed E-state index contributed by atoms with van der Waals surface area (Å²) in [4.78, 5) is 4.15. The number of hydrogen-bond donors (Lipinski definition) is 2. The van der Waals surface area contributed by atoms with E-state index in [1.54, 1.807) is 6.20 Å². The van der Waals surface area contributed by atoms with Crippen molar-refractivity contribution >= 4 is 0 Å². The molecular weight excluding hydrogens is 276 g/mol. The van der Waals surface area contributed by atoms with E-state index >= 15 is 0 Å². The number of nitrogens with zero attached hydrogens (tertiary/aromatic N) is 3. The van der Waals surface area contributed by atoms with Crippen LogP contribution in [0.4, 0.5) is 0 Å². The van der Waals surface area contributed by atoms with Crippen LogP contribution in [0.2, 0.25) is 0 Å². The van der Waals surface area contributed by atoms with Crippen LogP contribution in [0.25, 0.3) is 0 Å². The molecular formula is C17H22N4O. The maximum absolute atomic E-state index is 10.8. The lowest BCUT2D eigenvalue weighted by Crippen LogP contribution is -2.51. The summed E-state index contributed by atoms with van der Waals surface area (Å²) in [5.74, 6) is 0.252. The number of nitrogens with one attached hydrogen (secondary N) is 1. The van der Waals surface area contributed by atoms with Crippen molar-refractivity contribution < 1.29 is 5.11 Å². The molecule has 116 valence electrons. The molecule has 22 heavy (non-hydrogen) atoms. The average molecular weight is 298 g/mol. The van der Waals surface area contributed by atoms with E-state index < -0.39 is 11.5 Å². The minimum atomic E-state index is -0.587. The first-order chi connectivity index (χ1) is 10.8. The molecule has 3 atom stereocenters. The van der Waals surface area contributed by atoms with Crippen molar-refractivity contribution in [3.05, 3.63) is 54.1 Å². The van der Waals surface area contributed by atoms with Crippen LogP contribution in [-0.4, -0.2) is 39.5 Å². The molecule has 5 heteroatoms. The lowest BCUT2D eigenvalue weighted by Gasteiger charge is -2.44. The van der Waals surface area contributed by atoms with Gasteiger partial charge in [-0.15, -0.1) is 5.10 Å². The predicted molar refractivity (Wildman–Crippen MR) is 84.3 cm³/mol. The molecule has 1 aliphatic rings. The van der Waals surface area contributed by atoms with Gasteiger partial charge < -0.3 is 10.4 Å². The topological polar surface area (TPSA) is 70.9 Å². The normalized spacial score (nSPS) is 22.7. The first-order valence-electron chi connectivity index (χ1n) is 7.83. The molecule has 0 spiro atoms. The number of hydrogen-bond acceptors (Lipinski definition) is 5. The first-order valence-corrected chi connectivity index (χ1v) is 7.83. The van der Waals surface area contributed by atoms with Gasteiger partial charge in [-0.1, -0.05) is 30.3 Å². The Hall–Kier alpha value is -1.85. The van der Waals surface area contributed by atoms with Gasteiger partial charge in [0.15, 0.2) is 0 Å². The molecule has 1 aliphatic heterocycles. The van der Waals surface area contributed by atoms with Crippen molar-refractivity contribution in [2.24, 2.45) is 5.92 Å². The molecule has 2 heterocycles. The number of piperidine rings is 1. The van der Waals surface area contributed by atoms with Gasteiger partial charge in [0, 0.05) is 0 Å². The van der Waals surface area contributed by atoms with Gasteiger partial charge in [-0.05, 0) is 44.3 Å². The van der Waals surface area contributed by atoms with E-state index in [0.29, 0.717) is 0 Å². The fraction of sp³-hybridized carbons (Fsp3) is 0.471. The summed E-state index contributed by atoms with van der Waals surface area (Å²) in [5, 5.41) is 22.5. The molecule has 1 saturated heterocycles. The third kappa shape index (κ3) is 2.51. The van der Waals surface area contributed by atoms with E-state index in [2.05, 4.69) is 32.6 Å². The van der Waals surface area contributed by atoms with E-state index in [4.69, 9.17) is 0 Å². The van der Waals surface area contributed by atoms with Crippen LogP contribution in [0.5, 0.6) is 0 Å². The molecule has 5 nitrogen and oxygen atoms in total. The Morgan fingerprint density at radius 2 is 2.14 bits per heavy atom. The number of benzene rings is 1. The standard InChI is InChI=1S/C17H22N4O/c1-13(22)17(14-6-3-2-4-7-14,15-8-5-9-18-10-15)16-11-19-12-20-21-16/h2-4,6-7,11-13,15,18,22H,5,8-10H2,1H3. The molecule has 2 aromatic rings. The quantitative estimate of drug-likeness (QED) is 0.896. The predicted octanol–water partition coefficient (Wildman–Crippen LogP) is 1.54. The van der Waals surface area contributed by atoms with Gasteiger partial charge in [0.05, 0.1) is 23.4 Å². The van der Waals surface area contributed by atoms with Crippen LogP contribution in [0, 0.1) is 5.92 Å². The smallest absolute Gasteiger partial charge is 0.138 e. The van der Waals surface area contributed by atoms with E-state index in [0.717, 1.165) is 37.2 Å². The van der Waals surface area contributed by atoms with Crippen molar-refractivity contribution in [1.82, 2.24) is 20.5 Å². The molecule has 1 aromatic heterocycles. The Morgan fingerprint density at radius 1 is 1.32 bits per heavy atom. The molecule has 0 amide bonds. The van der Waals surface area contributed by atoms with E-state index in [1.807, 2.05) is 25.1 Å². The summed E-state index contributed by atoms with van der Waals surface area (Å²) >= 11 is 0. The zero-order valence-electron chi connectivity index (χ0n) is 12.8. The molecule has 0 bridgehead atoms. The zero-order valence-corrected chi connectivity index (χ0v) is 12.8. The second-order valence-electron chi connectivity index (χ2n) is 5.95. The Bertz CT molecular complexity index is 543. The molecule has 1 fully saturated rings. The van der Waals surface area contributed by atoms with Gasteiger partial charge in [-0.2, -0.15) is 5.10 Å². The Kier molecular flexibility index (Phi) is 4.45. The van der Waals surface area contributed by atoms with Crippen LogP contribution < -0.4 is 5.32 Å². The van der Waals surface area contributed by atoms with Crippen molar-refractivity contribution in [1.29, 1.82) is 0 Å². The van der Waals surface area contributed by atoms with E-state index in [9.17, 15) is 5.11 Å². The van der Waals surface area contributed by atoms with Gasteiger partial charge in [0.2, 0.25) is 0 Å². The summed E-state index contributed by atoms with van der Waals surface area (Å²) in [6.07, 6.45) is 4.73. The first kappa shape index (κ1) is 15.1. The lowest BCUT2D eigenvalue weighted by molar-refractivity contribution is 0.0661. The highest BCUT2D eigenvalue weighted by Gasteiger charge is 2.47. The second kappa shape index (κ2) is 6.50. The summed E-state index contributed by atoms with van der Waals surface area (Å²) < 4.78 is 0. The van der Waals surface area contributed by atoms with Crippen molar-refractivity contribution in [2.75, 3.05) is 13.1 Å².